The predicted molar refractivity (Wildman–Crippen MR) is 100 cm³/mol. The minimum absolute atomic E-state index is 0. The highest BCUT2D eigenvalue weighted by Crippen LogP contribution is 2.29. The number of ether oxygens (including phenoxy) is 3. The maximum absolute atomic E-state index is 12.3. The molecule has 6 nitrogen and oxygen atoms in total. The van der Waals surface area contributed by atoms with Gasteiger partial charge in [0.05, 0.1) is 20.6 Å². The molecule has 3 N–H and O–H groups in total. The smallest absolute Gasteiger partial charge is 0.229 e. The molecular weight excluding hydrogens is 344 g/mol. The Bertz CT molecular complexity index is 655. The lowest BCUT2D eigenvalue weighted by molar-refractivity contribution is -0.115. The zero-order chi connectivity index (χ0) is 17.4. The molecule has 7 heteroatoms. The monoisotopic (exact) mass is 366 g/mol. The van der Waals surface area contributed by atoms with E-state index in [1.165, 1.54) is 0 Å². The number of carbonyl (C=O) groups is 1. The summed E-state index contributed by atoms with van der Waals surface area (Å²) in [5.41, 5.74) is 6.79. The van der Waals surface area contributed by atoms with Crippen molar-refractivity contribution in [3.05, 3.63) is 48.0 Å². The van der Waals surface area contributed by atoms with Crippen LogP contribution >= 0.6 is 12.4 Å². The summed E-state index contributed by atoms with van der Waals surface area (Å²) >= 11 is 0. The van der Waals surface area contributed by atoms with Crippen molar-refractivity contribution in [3.8, 4) is 17.2 Å². The van der Waals surface area contributed by atoms with Crippen LogP contribution < -0.4 is 25.3 Å². The van der Waals surface area contributed by atoms with Crippen molar-refractivity contribution in [1.82, 2.24) is 0 Å². The highest BCUT2D eigenvalue weighted by Gasteiger charge is 2.14. The lowest BCUT2D eigenvalue weighted by atomic mass is 10.1. The molecule has 0 heterocycles. The molecule has 2 rings (SSSR count). The van der Waals surface area contributed by atoms with E-state index in [-0.39, 0.29) is 24.7 Å². The van der Waals surface area contributed by atoms with E-state index in [0.717, 1.165) is 0 Å². The number of nitrogens with two attached hydrogens (primary N) is 1. The van der Waals surface area contributed by atoms with Gasteiger partial charge in [-0.2, -0.15) is 0 Å². The fraction of sp³-hybridized carbons (Fsp3) is 0.278. The van der Waals surface area contributed by atoms with Gasteiger partial charge < -0.3 is 25.3 Å². The first-order chi connectivity index (χ1) is 11.7. The van der Waals surface area contributed by atoms with E-state index in [0.29, 0.717) is 41.7 Å². The Kier molecular flexibility index (Phi) is 8.60. The largest absolute Gasteiger partial charge is 0.496 e. The van der Waals surface area contributed by atoms with Crippen LogP contribution in [0, 0.1) is 0 Å². The van der Waals surface area contributed by atoms with E-state index in [9.17, 15) is 4.79 Å². The summed E-state index contributed by atoms with van der Waals surface area (Å²) in [6.07, 6.45) is 0.151. The van der Waals surface area contributed by atoms with Gasteiger partial charge in [-0.1, -0.05) is 6.07 Å². The number of hydrogen-bond acceptors (Lipinski definition) is 5. The molecule has 0 spiro atoms. The summed E-state index contributed by atoms with van der Waals surface area (Å²) in [5, 5.41) is 2.85. The third kappa shape index (κ3) is 5.85. The molecule has 25 heavy (non-hydrogen) atoms. The first-order valence-electron chi connectivity index (χ1n) is 7.60. The van der Waals surface area contributed by atoms with Crippen LogP contribution in [0.4, 0.5) is 5.69 Å². The second-order valence-electron chi connectivity index (χ2n) is 5.03. The topological polar surface area (TPSA) is 82.8 Å². The number of methoxy groups -OCH3 is 2. The average Bonchev–Trinajstić information content (AvgIpc) is 2.61. The molecule has 2 aromatic carbocycles. The van der Waals surface area contributed by atoms with Gasteiger partial charge in [0.2, 0.25) is 5.91 Å². The SMILES string of the molecule is COc1cccc(OC)c1CC(=O)Nc1ccc(OCCN)cc1.Cl. The van der Waals surface area contributed by atoms with Crippen molar-refractivity contribution >= 4 is 24.0 Å². The summed E-state index contributed by atoms with van der Waals surface area (Å²) in [4.78, 5) is 12.3. The third-order valence-electron chi connectivity index (χ3n) is 3.39. The summed E-state index contributed by atoms with van der Waals surface area (Å²) in [6.45, 7) is 0.915. The van der Waals surface area contributed by atoms with E-state index < -0.39 is 0 Å². The summed E-state index contributed by atoms with van der Waals surface area (Å²) in [5.74, 6) is 1.79. The van der Waals surface area contributed by atoms with Gasteiger partial charge in [-0.25, -0.2) is 0 Å². The average molecular weight is 367 g/mol. The normalized spacial score (nSPS) is 9.72. The van der Waals surface area contributed by atoms with Crippen LogP contribution in [0.5, 0.6) is 17.2 Å². The second-order valence-corrected chi connectivity index (χ2v) is 5.03. The zero-order valence-electron chi connectivity index (χ0n) is 14.3. The highest BCUT2D eigenvalue weighted by atomic mass is 35.5. The van der Waals surface area contributed by atoms with Crippen molar-refractivity contribution in [2.75, 3.05) is 32.7 Å². The van der Waals surface area contributed by atoms with Gasteiger partial charge in [-0.15, -0.1) is 12.4 Å². The van der Waals surface area contributed by atoms with Gasteiger partial charge in [-0.3, -0.25) is 4.79 Å². The van der Waals surface area contributed by atoms with Crippen molar-refractivity contribution in [2.24, 2.45) is 5.73 Å². The Hall–Kier alpha value is -2.44. The number of hydrogen-bond donors (Lipinski definition) is 2. The minimum atomic E-state index is -0.159. The van der Waals surface area contributed by atoms with E-state index >= 15 is 0 Å². The maximum atomic E-state index is 12.3. The Morgan fingerprint density at radius 3 is 2.16 bits per heavy atom. The summed E-state index contributed by atoms with van der Waals surface area (Å²) in [6, 6.07) is 12.6. The summed E-state index contributed by atoms with van der Waals surface area (Å²) < 4.78 is 16.0. The van der Waals surface area contributed by atoms with Gasteiger partial charge >= 0.3 is 0 Å². The number of benzene rings is 2. The first kappa shape index (κ1) is 20.6. The Labute approximate surface area is 153 Å². The molecule has 0 radical (unpaired) electrons. The lowest BCUT2D eigenvalue weighted by Gasteiger charge is -2.13. The molecule has 0 fully saturated rings. The molecule has 0 saturated carbocycles. The lowest BCUT2D eigenvalue weighted by Crippen LogP contribution is -2.15. The number of halogens is 1. The molecule has 0 aromatic heterocycles. The van der Waals surface area contributed by atoms with Gasteiger partial charge in [0.15, 0.2) is 0 Å². The van der Waals surface area contributed by atoms with E-state index in [1.807, 2.05) is 6.07 Å². The van der Waals surface area contributed by atoms with Crippen LogP contribution in [0.15, 0.2) is 42.5 Å². The fourth-order valence-electron chi connectivity index (χ4n) is 2.28. The quantitative estimate of drug-likeness (QED) is 0.750. The molecule has 136 valence electrons. The van der Waals surface area contributed by atoms with Crippen molar-refractivity contribution < 1.29 is 19.0 Å². The van der Waals surface area contributed by atoms with Crippen LogP contribution in [-0.4, -0.2) is 33.3 Å². The molecule has 0 atom stereocenters. The van der Waals surface area contributed by atoms with Crippen LogP contribution in [0.2, 0.25) is 0 Å². The molecule has 2 aromatic rings. The molecule has 0 aliphatic carbocycles. The molecule has 0 saturated heterocycles. The van der Waals surface area contributed by atoms with Gasteiger partial charge in [0, 0.05) is 17.8 Å². The fourth-order valence-corrected chi connectivity index (χ4v) is 2.28. The number of amides is 1. The van der Waals surface area contributed by atoms with Crippen molar-refractivity contribution in [1.29, 1.82) is 0 Å². The van der Waals surface area contributed by atoms with Gasteiger partial charge in [0.25, 0.3) is 0 Å². The van der Waals surface area contributed by atoms with Crippen molar-refractivity contribution in [3.63, 3.8) is 0 Å². The van der Waals surface area contributed by atoms with Crippen molar-refractivity contribution in [2.45, 2.75) is 6.42 Å². The van der Waals surface area contributed by atoms with E-state index in [2.05, 4.69) is 5.32 Å². The minimum Gasteiger partial charge on any atom is -0.496 e. The molecular formula is C18H23ClN2O4. The standard InChI is InChI=1S/C18H22N2O4.ClH/c1-22-16-4-3-5-17(23-2)15(16)12-18(21)20-13-6-8-14(9-7-13)24-11-10-19;/h3-9H,10-12,19H2,1-2H3,(H,20,21);1H. The molecule has 0 aliphatic rings. The number of anilines is 1. The molecule has 1 amide bonds. The van der Waals surface area contributed by atoms with E-state index in [1.54, 1.807) is 50.6 Å². The number of rotatable bonds is 8. The molecule has 0 unspecified atom stereocenters. The maximum Gasteiger partial charge on any atom is 0.229 e. The Morgan fingerprint density at radius 2 is 1.64 bits per heavy atom. The van der Waals surface area contributed by atoms with Crippen LogP contribution in [0.25, 0.3) is 0 Å². The van der Waals surface area contributed by atoms with Gasteiger partial charge in [-0.05, 0) is 36.4 Å². The predicted octanol–water partition coefficient (Wildman–Crippen LogP) is 2.64. The number of carbonyl (C=O) groups excluding carboxylic acids is 1. The van der Waals surface area contributed by atoms with Crippen LogP contribution in [0.1, 0.15) is 5.56 Å². The molecule has 0 aliphatic heterocycles. The molecule has 0 bridgehead atoms. The number of nitrogens with one attached hydrogen (secondary N) is 1. The first-order valence-corrected chi connectivity index (χ1v) is 7.60. The Morgan fingerprint density at radius 1 is 1.04 bits per heavy atom. The second kappa shape index (κ2) is 10.4. The Balaban J connectivity index is 0.00000312. The summed E-state index contributed by atoms with van der Waals surface area (Å²) in [7, 11) is 3.13. The highest BCUT2D eigenvalue weighted by molar-refractivity contribution is 5.93. The van der Waals surface area contributed by atoms with E-state index in [4.69, 9.17) is 19.9 Å². The van der Waals surface area contributed by atoms with Crippen LogP contribution in [0.3, 0.4) is 0 Å². The zero-order valence-corrected chi connectivity index (χ0v) is 15.1. The van der Waals surface area contributed by atoms with Gasteiger partial charge in [0.1, 0.15) is 23.9 Å². The third-order valence-corrected chi connectivity index (χ3v) is 3.39. The van der Waals surface area contributed by atoms with Crippen LogP contribution in [-0.2, 0) is 11.2 Å².